The Labute approximate surface area is 115 Å². The topological polar surface area (TPSA) is 74.5 Å². The molecule has 0 aromatic carbocycles. The van der Waals surface area contributed by atoms with Gasteiger partial charge in [-0.15, -0.1) is 0 Å². The summed E-state index contributed by atoms with van der Waals surface area (Å²) in [6.07, 6.45) is 1.83. The first-order chi connectivity index (χ1) is 8.33. The molecule has 0 aliphatic rings. The second-order valence-electron chi connectivity index (χ2n) is 4.88. The predicted octanol–water partition coefficient (Wildman–Crippen LogP) is 1.30. The second-order valence-corrected chi connectivity index (χ2v) is 5.79. The van der Waals surface area contributed by atoms with Gasteiger partial charge in [-0.25, -0.2) is 0 Å². The average molecular weight is 319 g/mol. The molecule has 5 nitrogen and oxygen atoms in total. The molecule has 0 radical (unpaired) electrons. The summed E-state index contributed by atoms with van der Waals surface area (Å²) in [4.78, 5) is 12.1. The summed E-state index contributed by atoms with van der Waals surface area (Å²) in [5.74, 6) is -0.319. The molecule has 3 N–H and O–H groups in total. The third kappa shape index (κ3) is 3.34. The molecule has 0 atom stereocenters. The minimum atomic E-state index is -1.02. The molecule has 0 aliphatic carbocycles. The van der Waals surface area contributed by atoms with Crippen LogP contribution in [-0.2, 0) is 0 Å². The van der Waals surface area contributed by atoms with Gasteiger partial charge in [-0.1, -0.05) is 0 Å². The Morgan fingerprint density at radius 3 is 2.50 bits per heavy atom. The standard InChI is InChI=1S/C12H19BrN2O3/c1-8(2)15-5-9(13)4-10(15)11(18)14-12(3,6-16)7-17/h4-5,8,16-17H,6-7H2,1-3H3,(H,14,18). The molecule has 1 aromatic rings. The van der Waals surface area contributed by atoms with Crippen LogP contribution in [0.5, 0.6) is 0 Å². The number of amides is 1. The number of aliphatic hydroxyl groups excluding tert-OH is 2. The molecule has 1 amide bonds. The van der Waals surface area contributed by atoms with Crippen molar-refractivity contribution < 1.29 is 15.0 Å². The maximum absolute atomic E-state index is 12.1. The van der Waals surface area contributed by atoms with Crippen LogP contribution in [0.15, 0.2) is 16.7 Å². The van der Waals surface area contributed by atoms with Gasteiger partial charge in [0.25, 0.3) is 5.91 Å². The van der Waals surface area contributed by atoms with Gasteiger partial charge in [-0.2, -0.15) is 0 Å². The van der Waals surface area contributed by atoms with Crippen LogP contribution in [0.25, 0.3) is 0 Å². The fourth-order valence-electron chi connectivity index (χ4n) is 1.52. The average Bonchev–Trinajstić information content (AvgIpc) is 2.71. The van der Waals surface area contributed by atoms with Crippen LogP contribution in [0.2, 0.25) is 0 Å². The molecule has 0 fully saturated rings. The molecular formula is C12H19BrN2O3. The summed E-state index contributed by atoms with van der Waals surface area (Å²) in [5, 5.41) is 21.0. The SMILES string of the molecule is CC(C)n1cc(Br)cc1C(=O)NC(C)(CO)CO. The maximum atomic E-state index is 12.1. The van der Waals surface area contributed by atoms with Crippen LogP contribution in [0.1, 0.15) is 37.3 Å². The number of carbonyl (C=O) groups excluding carboxylic acids is 1. The zero-order valence-corrected chi connectivity index (χ0v) is 12.4. The fraction of sp³-hybridized carbons (Fsp3) is 0.583. The van der Waals surface area contributed by atoms with Crippen molar-refractivity contribution in [3.63, 3.8) is 0 Å². The summed E-state index contributed by atoms with van der Waals surface area (Å²) in [6.45, 7) is 4.89. The van der Waals surface area contributed by atoms with Gasteiger partial charge in [0.05, 0.1) is 18.8 Å². The highest BCUT2D eigenvalue weighted by Gasteiger charge is 2.26. The number of hydrogen-bond acceptors (Lipinski definition) is 3. The molecule has 0 saturated carbocycles. The summed E-state index contributed by atoms with van der Waals surface area (Å²) in [5.41, 5.74) is -0.527. The highest BCUT2D eigenvalue weighted by Crippen LogP contribution is 2.20. The van der Waals surface area contributed by atoms with E-state index >= 15 is 0 Å². The molecule has 6 heteroatoms. The molecule has 0 spiro atoms. The summed E-state index contributed by atoms with van der Waals surface area (Å²) in [7, 11) is 0. The van der Waals surface area contributed by atoms with Crippen molar-refractivity contribution in [1.29, 1.82) is 0 Å². The van der Waals surface area contributed by atoms with Crippen molar-refractivity contribution in [3.05, 3.63) is 22.4 Å². The molecule has 102 valence electrons. The van der Waals surface area contributed by atoms with Gasteiger partial charge in [-0.05, 0) is 42.8 Å². The Bertz CT molecular complexity index is 425. The van der Waals surface area contributed by atoms with Gasteiger partial charge >= 0.3 is 0 Å². The predicted molar refractivity (Wildman–Crippen MR) is 72.6 cm³/mol. The molecule has 1 aromatic heterocycles. The van der Waals surface area contributed by atoms with E-state index in [-0.39, 0.29) is 25.2 Å². The van der Waals surface area contributed by atoms with E-state index in [2.05, 4.69) is 21.2 Å². The lowest BCUT2D eigenvalue weighted by Crippen LogP contribution is -2.52. The number of aliphatic hydroxyl groups is 2. The molecular weight excluding hydrogens is 300 g/mol. The number of nitrogens with zero attached hydrogens (tertiary/aromatic N) is 1. The number of rotatable bonds is 5. The van der Waals surface area contributed by atoms with Gasteiger partial charge in [0, 0.05) is 16.7 Å². The van der Waals surface area contributed by atoms with Gasteiger partial charge in [0.1, 0.15) is 5.69 Å². The van der Waals surface area contributed by atoms with E-state index in [0.717, 1.165) is 4.47 Å². The fourth-order valence-corrected chi connectivity index (χ4v) is 1.96. The van der Waals surface area contributed by atoms with Crippen molar-refractivity contribution in [1.82, 2.24) is 9.88 Å². The Balaban J connectivity index is 2.97. The van der Waals surface area contributed by atoms with E-state index in [9.17, 15) is 15.0 Å². The van der Waals surface area contributed by atoms with Gasteiger partial charge in [0.15, 0.2) is 0 Å². The van der Waals surface area contributed by atoms with E-state index in [0.29, 0.717) is 5.69 Å². The zero-order valence-electron chi connectivity index (χ0n) is 10.8. The first-order valence-corrected chi connectivity index (χ1v) is 6.54. The number of hydrogen-bond donors (Lipinski definition) is 3. The third-order valence-corrected chi connectivity index (χ3v) is 3.15. The van der Waals surface area contributed by atoms with Crippen LogP contribution in [0, 0.1) is 0 Å². The van der Waals surface area contributed by atoms with Crippen molar-refractivity contribution in [3.8, 4) is 0 Å². The second kappa shape index (κ2) is 5.86. The molecule has 18 heavy (non-hydrogen) atoms. The molecule has 0 aliphatic heterocycles. The minimum Gasteiger partial charge on any atom is -0.394 e. The van der Waals surface area contributed by atoms with E-state index in [4.69, 9.17) is 0 Å². The van der Waals surface area contributed by atoms with Crippen LogP contribution in [0.3, 0.4) is 0 Å². The Kier molecular flexibility index (Phi) is 4.95. The van der Waals surface area contributed by atoms with E-state index in [1.165, 1.54) is 0 Å². The van der Waals surface area contributed by atoms with Gasteiger partial charge < -0.3 is 20.1 Å². The quantitative estimate of drug-likeness (QED) is 0.766. The first-order valence-electron chi connectivity index (χ1n) is 5.74. The van der Waals surface area contributed by atoms with Crippen LogP contribution in [0.4, 0.5) is 0 Å². The lowest BCUT2D eigenvalue weighted by atomic mass is 10.1. The van der Waals surface area contributed by atoms with Crippen molar-refractivity contribution in [2.75, 3.05) is 13.2 Å². The maximum Gasteiger partial charge on any atom is 0.268 e. The number of halogens is 1. The van der Waals surface area contributed by atoms with Crippen molar-refractivity contribution >= 4 is 21.8 Å². The molecule has 0 saturated heterocycles. The number of aromatic nitrogens is 1. The van der Waals surface area contributed by atoms with E-state index in [1.54, 1.807) is 13.0 Å². The highest BCUT2D eigenvalue weighted by molar-refractivity contribution is 9.10. The van der Waals surface area contributed by atoms with Gasteiger partial charge in [-0.3, -0.25) is 4.79 Å². The normalized spacial score (nSPS) is 11.9. The van der Waals surface area contributed by atoms with Crippen molar-refractivity contribution in [2.45, 2.75) is 32.4 Å². The van der Waals surface area contributed by atoms with Crippen LogP contribution >= 0.6 is 15.9 Å². The Hall–Kier alpha value is -0.850. The smallest absolute Gasteiger partial charge is 0.268 e. The van der Waals surface area contributed by atoms with Gasteiger partial charge in [0.2, 0.25) is 0 Å². The first kappa shape index (κ1) is 15.2. The molecule has 0 unspecified atom stereocenters. The molecule has 0 bridgehead atoms. The number of nitrogens with one attached hydrogen (secondary N) is 1. The van der Waals surface area contributed by atoms with Crippen LogP contribution in [-0.4, -0.2) is 39.4 Å². The summed E-state index contributed by atoms with van der Waals surface area (Å²) >= 11 is 3.33. The lowest BCUT2D eigenvalue weighted by molar-refractivity contribution is 0.0714. The third-order valence-electron chi connectivity index (χ3n) is 2.72. The minimum absolute atomic E-state index is 0.145. The highest BCUT2D eigenvalue weighted by atomic mass is 79.9. The van der Waals surface area contributed by atoms with E-state index in [1.807, 2.05) is 24.6 Å². The van der Waals surface area contributed by atoms with Crippen molar-refractivity contribution in [2.24, 2.45) is 0 Å². The Morgan fingerprint density at radius 2 is 2.06 bits per heavy atom. The Morgan fingerprint density at radius 1 is 1.50 bits per heavy atom. The monoisotopic (exact) mass is 318 g/mol. The lowest BCUT2D eigenvalue weighted by Gasteiger charge is -2.26. The zero-order chi connectivity index (χ0) is 13.9. The molecule has 1 rings (SSSR count). The summed E-state index contributed by atoms with van der Waals surface area (Å²) < 4.78 is 2.64. The molecule has 1 heterocycles. The number of carbonyl (C=O) groups is 1. The summed E-state index contributed by atoms with van der Waals surface area (Å²) in [6, 6.07) is 1.86. The van der Waals surface area contributed by atoms with E-state index < -0.39 is 5.54 Å². The van der Waals surface area contributed by atoms with Crippen LogP contribution < -0.4 is 5.32 Å². The largest absolute Gasteiger partial charge is 0.394 e.